The number of sulfonamides is 1. The van der Waals surface area contributed by atoms with E-state index < -0.39 is 20.7 Å². The van der Waals surface area contributed by atoms with Crippen molar-refractivity contribution in [2.24, 2.45) is 0 Å². The highest BCUT2D eigenvalue weighted by Gasteiger charge is 2.27. The van der Waals surface area contributed by atoms with Gasteiger partial charge in [0.05, 0.1) is 0 Å². The van der Waals surface area contributed by atoms with Crippen LogP contribution < -0.4 is 0 Å². The first-order chi connectivity index (χ1) is 11.3. The van der Waals surface area contributed by atoms with E-state index in [2.05, 4.69) is 0 Å². The van der Waals surface area contributed by atoms with Crippen molar-refractivity contribution in [3.63, 3.8) is 0 Å². The van der Waals surface area contributed by atoms with E-state index in [4.69, 9.17) is 0 Å². The molecule has 5 nitrogen and oxygen atoms in total. The molecule has 0 atom stereocenters. The molecule has 1 aromatic rings. The Kier molecular flexibility index (Phi) is 7.83. The van der Waals surface area contributed by atoms with Crippen molar-refractivity contribution in [3.05, 3.63) is 29.6 Å². The molecular weight excluding hydrogens is 331 g/mol. The van der Waals surface area contributed by atoms with E-state index in [9.17, 15) is 17.6 Å². The van der Waals surface area contributed by atoms with Crippen LogP contribution in [0.5, 0.6) is 0 Å². The molecule has 0 heterocycles. The van der Waals surface area contributed by atoms with Crippen LogP contribution in [-0.4, -0.2) is 49.7 Å². The van der Waals surface area contributed by atoms with Crippen LogP contribution in [0.1, 0.15) is 50.9 Å². The molecule has 0 aliphatic rings. The predicted molar refractivity (Wildman–Crippen MR) is 93.0 cm³/mol. The minimum Gasteiger partial charge on any atom is -0.339 e. The van der Waals surface area contributed by atoms with Gasteiger partial charge in [-0.1, -0.05) is 27.7 Å². The molecule has 0 radical (unpaired) electrons. The summed E-state index contributed by atoms with van der Waals surface area (Å²) in [6.07, 6.45) is 1.61. The fraction of sp³-hybridized carbons (Fsp3) is 0.588. The predicted octanol–water partition coefficient (Wildman–Crippen LogP) is 3.12. The average molecular weight is 358 g/mol. The standard InChI is InChI=1S/C17H27FN2O3S/c1-5-11-19(12-6-2)17(21)14-9-10-15(18)16(13-14)24(22,23)20(7-3)8-4/h9-10,13H,5-8,11-12H2,1-4H3. The van der Waals surface area contributed by atoms with E-state index in [1.54, 1.807) is 18.7 Å². The fourth-order valence-corrected chi connectivity index (χ4v) is 4.12. The summed E-state index contributed by atoms with van der Waals surface area (Å²) in [5, 5.41) is 0. The van der Waals surface area contributed by atoms with Crippen molar-refractivity contribution < 1.29 is 17.6 Å². The summed E-state index contributed by atoms with van der Waals surface area (Å²) in [6.45, 7) is 8.98. The van der Waals surface area contributed by atoms with E-state index in [1.807, 2.05) is 13.8 Å². The first-order valence-corrected chi connectivity index (χ1v) is 9.86. The van der Waals surface area contributed by atoms with Crippen molar-refractivity contribution in [3.8, 4) is 0 Å². The van der Waals surface area contributed by atoms with Gasteiger partial charge >= 0.3 is 0 Å². The SMILES string of the molecule is CCCN(CCC)C(=O)c1ccc(F)c(S(=O)(=O)N(CC)CC)c1. The van der Waals surface area contributed by atoms with Crippen molar-refractivity contribution in [1.82, 2.24) is 9.21 Å². The maximum atomic E-state index is 14.1. The van der Waals surface area contributed by atoms with E-state index in [-0.39, 0.29) is 24.6 Å². The molecule has 1 amide bonds. The first-order valence-electron chi connectivity index (χ1n) is 8.42. The number of amides is 1. The van der Waals surface area contributed by atoms with Crippen LogP contribution in [0.4, 0.5) is 4.39 Å². The summed E-state index contributed by atoms with van der Waals surface area (Å²) in [5.74, 6) is -1.11. The monoisotopic (exact) mass is 358 g/mol. The number of nitrogens with zero attached hydrogens (tertiary/aromatic N) is 2. The van der Waals surface area contributed by atoms with Crippen molar-refractivity contribution in [2.75, 3.05) is 26.2 Å². The number of hydrogen-bond donors (Lipinski definition) is 0. The number of halogens is 1. The lowest BCUT2D eigenvalue weighted by molar-refractivity contribution is 0.0755. The van der Waals surface area contributed by atoms with Gasteiger partial charge < -0.3 is 4.90 Å². The molecular formula is C17H27FN2O3S. The zero-order valence-electron chi connectivity index (χ0n) is 14.9. The van der Waals surface area contributed by atoms with Gasteiger partial charge in [-0.15, -0.1) is 0 Å². The summed E-state index contributed by atoms with van der Waals surface area (Å²) in [7, 11) is -3.95. The Bertz CT molecular complexity index is 652. The Morgan fingerprint density at radius 1 is 1.04 bits per heavy atom. The average Bonchev–Trinajstić information content (AvgIpc) is 2.55. The molecule has 1 rings (SSSR count). The Balaban J connectivity index is 3.29. The smallest absolute Gasteiger partial charge is 0.253 e. The third-order valence-corrected chi connectivity index (χ3v) is 5.84. The van der Waals surface area contributed by atoms with Gasteiger partial charge in [0.15, 0.2) is 0 Å². The van der Waals surface area contributed by atoms with Gasteiger partial charge in [0, 0.05) is 31.7 Å². The second-order valence-corrected chi connectivity index (χ2v) is 7.43. The third-order valence-electron chi connectivity index (χ3n) is 3.78. The molecule has 0 saturated carbocycles. The topological polar surface area (TPSA) is 57.7 Å². The van der Waals surface area contributed by atoms with Crippen molar-refractivity contribution in [2.45, 2.75) is 45.4 Å². The minimum absolute atomic E-state index is 0.198. The van der Waals surface area contributed by atoms with Gasteiger partial charge in [0.25, 0.3) is 5.91 Å². The second-order valence-electron chi connectivity index (χ2n) is 5.53. The lowest BCUT2D eigenvalue weighted by atomic mass is 10.2. The van der Waals surface area contributed by atoms with Crippen LogP contribution in [0.25, 0.3) is 0 Å². The zero-order chi connectivity index (χ0) is 18.3. The number of benzene rings is 1. The van der Waals surface area contributed by atoms with E-state index >= 15 is 0 Å². The van der Waals surface area contributed by atoms with Crippen LogP contribution in [0, 0.1) is 5.82 Å². The highest BCUT2D eigenvalue weighted by molar-refractivity contribution is 7.89. The third kappa shape index (κ3) is 4.54. The largest absolute Gasteiger partial charge is 0.339 e. The Hall–Kier alpha value is -1.47. The number of rotatable bonds is 9. The molecule has 1 aromatic carbocycles. The quantitative estimate of drug-likeness (QED) is 0.681. The Labute approximate surface area is 144 Å². The number of carbonyl (C=O) groups excluding carboxylic acids is 1. The van der Waals surface area contributed by atoms with E-state index in [1.165, 1.54) is 10.4 Å². The molecule has 0 aromatic heterocycles. The highest BCUT2D eigenvalue weighted by Crippen LogP contribution is 2.21. The van der Waals surface area contributed by atoms with Crippen molar-refractivity contribution in [1.29, 1.82) is 0 Å². The maximum Gasteiger partial charge on any atom is 0.253 e. The molecule has 0 spiro atoms. The van der Waals surface area contributed by atoms with E-state index in [0.29, 0.717) is 13.1 Å². The van der Waals surface area contributed by atoms with Gasteiger partial charge in [-0.3, -0.25) is 4.79 Å². The number of hydrogen-bond acceptors (Lipinski definition) is 3. The van der Waals surface area contributed by atoms with Gasteiger partial charge in [0.2, 0.25) is 10.0 Å². The van der Waals surface area contributed by atoms with Crippen LogP contribution >= 0.6 is 0 Å². The highest BCUT2D eigenvalue weighted by atomic mass is 32.2. The summed E-state index contributed by atoms with van der Waals surface area (Å²) in [5.41, 5.74) is 0.198. The first kappa shape index (κ1) is 20.6. The van der Waals surface area contributed by atoms with E-state index in [0.717, 1.165) is 25.0 Å². The van der Waals surface area contributed by atoms with Gasteiger partial charge in [0.1, 0.15) is 10.7 Å². The van der Waals surface area contributed by atoms with Crippen LogP contribution in [0.15, 0.2) is 23.1 Å². The fourth-order valence-electron chi connectivity index (χ4n) is 2.57. The zero-order valence-corrected chi connectivity index (χ0v) is 15.7. The Morgan fingerprint density at radius 3 is 2.04 bits per heavy atom. The lowest BCUT2D eigenvalue weighted by Gasteiger charge is -2.23. The Morgan fingerprint density at radius 2 is 1.58 bits per heavy atom. The molecule has 136 valence electrons. The molecule has 0 unspecified atom stereocenters. The molecule has 0 fully saturated rings. The minimum atomic E-state index is -3.95. The lowest BCUT2D eigenvalue weighted by Crippen LogP contribution is -2.33. The molecule has 24 heavy (non-hydrogen) atoms. The summed E-state index contributed by atoms with van der Waals surface area (Å²) in [6, 6.07) is 3.56. The number of carbonyl (C=O) groups is 1. The van der Waals surface area contributed by atoms with Gasteiger partial charge in [-0.25, -0.2) is 12.8 Å². The van der Waals surface area contributed by atoms with Crippen molar-refractivity contribution >= 4 is 15.9 Å². The molecule has 0 saturated heterocycles. The summed E-state index contributed by atoms with van der Waals surface area (Å²) < 4.78 is 40.4. The molecule has 0 N–H and O–H groups in total. The molecule has 7 heteroatoms. The van der Waals surface area contributed by atoms with Crippen LogP contribution in [0.2, 0.25) is 0 Å². The second kappa shape index (κ2) is 9.13. The van der Waals surface area contributed by atoms with Crippen LogP contribution in [-0.2, 0) is 10.0 Å². The summed E-state index contributed by atoms with van der Waals surface area (Å²) >= 11 is 0. The summed E-state index contributed by atoms with van der Waals surface area (Å²) in [4.78, 5) is 13.8. The molecule has 0 bridgehead atoms. The maximum absolute atomic E-state index is 14.1. The molecule has 0 aliphatic carbocycles. The van der Waals surface area contributed by atoms with Crippen LogP contribution in [0.3, 0.4) is 0 Å². The van der Waals surface area contributed by atoms with Gasteiger partial charge in [-0.2, -0.15) is 4.31 Å². The molecule has 0 aliphatic heterocycles. The van der Waals surface area contributed by atoms with Gasteiger partial charge in [-0.05, 0) is 31.0 Å². The normalized spacial score (nSPS) is 11.8.